The van der Waals surface area contributed by atoms with Crippen LogP contribution < -0.4 is 0 Å². The number of aliphatic carboxylic acids is 1. The molecule has 0 aromatic heterocycles. The molecule has 2 rings (SSSR count). The quantitative estimate of drug-likeness (QED) is 0.736. The van der Waals surface area contributed by atoms with Gasteiger partial charge in [-0.15, -0.1) is 0 Å². The van der Waals surface area contributed by atoms with Gasteiger partial charge in [-0.3, -0.25) is 9.59 Å². The Morgan fingerprint density at radius 2 is 1.73 bits per heavy atom. The third-order valence-electron chi connectivity index (χ3n) is 2.71. The lowest BCUT2D eigenvalue weighted by Crippen LogP contribution is -2.35. The van der Waals surface area contributed by atoms with Crippen molar-refractivity contribution in [2.75, 3.05) is 24.6 Å². The highest BCUT2D eigenvalue weighted by Gasteiger charge is 2.49. The van der Waals surface area contributed by atoms with Crippen molar-refractivity contribution in [3.63, 3.8) is 0 Å². The number of hydrogen-bond acceptors (Lipinski definition) is 4. The monoisotopic (exact) mass is 247 g/mol. The predicted molar refractivity (Wildman–Crippen MR) is 60.7 cm³/mol. The first kappa shape index (κ1) is 11.1. The van der Waals surface area contributed by atoms with Gasteiger partial charge in [-0.25, -0.2) is 0 Å². The minimum absolute atomic E-state index is 0.0468. The van der Waals surface area contributed by atoms with Gasteiger partial charge in [-0.2, -0.15) is 0 Å². The molecule has 84 valence electrons. The highest BCUT2D eigenvalue weighted by Crippen LogP contribution is 2.40. The minimum atomic E-state index is -0.827. The van der Waals surface area contributed by atoms with Crippen molar-refractivity contribution < 1.29 is 14.7 Å². The maximum atomic E-state index is 11.9. The van der Waals surface area contributed by atoms with Gasteiger partial charge in [0.05, 0.1) is 11.8 Å². The Labute approximate surface area is 96.2 Å². The molecule has 1 saturated heterocycles. The van der Waals surface area contributed by atoms with E-state index in [1.54, 1.807) is 21.6 Å². The fraction of sp³-hybridized carbons (Fsp3) is 0.778. The highest BCUT2D eigenvalue weighted by atomic mass is 33.1. The zero-order valence-corrected chi connectivity index (χ0v) is 9.85. The molecule has 2 atom stereocenters. The summed E-state index contributed by atoms with van der Waals surface area (Å²) in [5.41, 5.74) is 0. The molecule has 4 nitrogen and oxygen atoms in total. The maximum Gasteiger partial charge on any atom is 0.307 e. The lowest BCUT2D eigenvalue weighted by Gasteiger charge is -2.19. The first-order valence-electron chi connectivity index (χ1n) is 4.96. The Bertz CT molecular complexity index is 277. The second kappa shape index (κ2) is 4.65. The van der Waals surface area contributed by atoms with Crippen molar-refractivity contribution in [2.24, 2.45) is 11.8 Å². The largest absolute Gasteiger partial charge is 0.481 e. The van der Waals surface area contributed by atoms with Gasteiger partial charge in [0.25, 0.3) is 0 Å². The molecular weight excluding hydrogens is 234 g/mol. The predicted octanol–water partition coefficient (Wildman–Crippen LogP) is 0.931. The van der Waals surface area contributed by atoms with Crippen LogP contribution in [0.4, 0.5) is 0 Å². The average molecular weight is 247 g/mol. The standard InChI is InChI=1S/C9H13NO3S2/c11-8(6-5-7(6)9(12)13)10-1-3-14-15-4-2-10/h6-7H,1-5H2,(H,12,13)/t6-,7+/m0/s1. The molecule has 0 spiro atoms. The molecule has 6 heteroatoms. The first-order valence-corrected chi connectivity index (χ1v) is 7.45. The van der Waals surface area contributed by atoms with Crippen LogP contribution in [0.2, 0.25) is 0 Å². The fourth-order valence-electron chi connectivity index (χ4n) is 1.72. The number of hydrogen-bond donors (Lipinski definition) is 1. The van der Waals surface area contributed by atoms with Crippen molar-refractivity contribution >= 4 is 33.5 Å². The lowest BCUT2D eigenvalue weighted by molar-refractivity contribution is -0.141. The molecule has 2 aliphatic rings. The van der Waals surface area contributed by atoms with Gasteiger partial charge < -0.3 is 10.0 Å². The molecule has 1 N–H and O–H groups in total. The van der Waals surface area contributed by atoms with Gasteiger partial charge in [0.15, 0.2) is 0 Å². The maximum absolute atomic E-state index is 11.9. The van der Waals surface area contributed by atoms with E-state index >= 15 is 0 Å². The molecule has 0 aromatic carbocycles. The Morgan fingerprint density at radius 1 is 1.13 bits per heavy atom. The normalized spacial score (nSPS) is 30.8. The summed E-state index contributed by atoms with van der Waals surface area (Å²) in [4.78, 5) is 24.3. The number of carbonyl (C=O) groups excluding carboxylic acids is 1. The van der Waals surface area contributed by atoms with Crippen molar-refractivity contribution in [1.29, 1.82) is 0 Å². The van der Waals surface area contributed by atoms with Gasteiger partial charge in [-0.05, 0) is 6.42 Å². The molecule has 0 radical (unpaired) electrons. The number of nitrogens with zero attached hydrogens (tertiary/aromatic N) is 1. The summed E-state index contributed by atoms with van der Waals surface area (Å²) in [6.07, 6.45) is 0.533. The third-order valence-corrected chi connectivity index (χ3v) is 5.07. The molecule has 0 aromatic rings. The van der Waals surface area contributed by atoms with Crippen molar-refractivity contribution in [3.05, 3.63) is 0 Å². The topological polar surface area (TPSA) is 57.6 Å². The van der Waals surface area contributed by atoms with Gasteiger partial charge in [-0.1, -0.05) is 21.6 Å². The second-order valence-electron chi connectivity index (χ2n) is 3.76. The Kier molecular flexibility index (Phi) is 3.45. The summed E-state index contributed by atoms with van der Waals surface area (Å²) >= 11 is 0. The van der Waals surface area contributed by atoms with E-state index in [-0.39, 0.29) is 11.8 Å². The van der Waals surface area contributed by atoms with Crippen molar-refractivity contribution in [1.82, 2.24) is 4.90 Å². The summed E-state index contributed by atoms with van der Waals surface area (Å²) in [7, 11) is 3.57. The molecule has 1 heterocycles. The molecular formula is C9H13NO3S2. The average Bonchev–Trinajstić information content (AvgIpc) is 3.02. The van der Waals surface area contributed by atoms with E-state index in [0.717, 1.165) is 24.6 Å². The highest BCUT2D eigenvalue weighted by molar-refractivity contribution is 8.76. The number of rotatable bonds is 2. The fourth-order valence-corrected chi connectivity index (χ4v) is 3.70. The zero-order valence-electron chi connectivity index (χ0n) is 8.22. The molecule has 1 saturated carbocycles. The summed E-state index contributed by atoms with van der Waals surface area (Å²) in [6, 6.07) is 0. The van der Waals surface area contributed by atoms with Gasteiger partial charge >= 0.3 is 5.97 Å². The van der Waals surface area contributed by atoms with E-state index in [2.05, 4.69) is 0 Å². The molecule has 1 amide bonds. The van der Waals surface area contributed by atoms with Crippen molar-refractivity contribution in [2.45, 2.75) is 6.42 Å². The van der Waals surface area contributed by atoms with E-state index in [0.29, 0.717) is 6.42 Å². The van der Waals surface area contributed by atoms with Crippen LogP contribution in [0.25, 0.3) is 0 Å². The van der Waals surface area contributed by atoms with Gasteiger partial charge in [0.2, 0.25) is 5.91 Å². The number of carboxylic acids is 1. The van der Waals surface area contributed by atoms with E-state index in [1.165, 1.54) is 0 Å². The summed E-state index contributed by atoms with van der Waals surface area (Å²) in [5, 5.41) is 8.75. The third kappa shape index (κ3) is 2.60. The number of amides is 1. The van der Waals surface area contributed by atoms with Crippen LogP contribution in [0.3, 0.4) is 0 Å². The van der Waals surface area contributed by atoms with Crippen LogP contribution in [-0.2, 0) is 9.59 Å². The number of carboxylic acid groups (broad SMARTS) is 1. The first-order chi connectivity index (χ1) is 7.20. The molecule has 2 fully saturated rings. The van der Waals surface area contributed by atoms with Crippen molar-refractivity contribution in [3.8, 4) is 0 Å². The minimum Gasteiger partial charge on any atom is -0.481 e. The molecule has 0 bridgehead atoms. The summed E-state index contributed by atoms with van der Waals surface area (Å²) < 4.78 is 0. The Morgan fingerprint density at radius 3 is 2.20 bits per heavy atom. The smallest absolute Gasteiger partial charge is 0.307 e. The zero-order chi connectivity index (χ0) is 10.8. The Hall–Kier alpha value is -0.360. The number of carbonyl (C=O) groups is 2. The van der Waals surface area contributed by atoms with E-state index < -0.39 is 11.9 Å². The summed E-state index contributed by atoms with van der Waals surface area (Å²) in [6.45, 7) is 1.53. The van der Waals surface area contributed by atoms with Crippen LogP contribution >= 0.6 is 21.6 Å². The van der Waals surface area contributed by atoms with E-state index in [4.69, 9.17) is 5.11 Å². The summed E-state index contributed by atoms with van der Waals surface area (Å²) in [5.74, 6) is 0.455. The van der Waals surface area contributed by atoms with Gasteiger partial charge in [0, 0.05) is 24.6 Å². The SMILES string of the molecule is O=C(O)[C@@H]1C[C@@H]1C(=O)N1CCSSCC1. The lowest BCUT2D eigenvalue weighted by atomic mass is 10.3. The van der Waals surface area contributed by atoms with E-state index in [9.17, 15) is 9.59 Å². The van der Waals surface area contributed by atoms with E-state index in [1.807, 2.05) is 4.90 Å². The molecule has 15 heavy (non-hydrogen) atoms. The van der Waals surface area contributed by atoms with Crippen LogP contribution in [0.1, 0.15) is 6.42 Å². The molecule has 1 aliphatic carbocycles. The Balaban J connectivity index is 1.88. The molecule has 0 unspecified atom stereocenters. The van der Waals surface area contributed by atoms with Crippen LogP contribution in [0, 0.1) is 11.8 Å². The van der Waals surface area contributed by atoms with Crippen LogP contribution in [-0.4, -0.2) is 46.5 Å². The second-order valence-corrected chi connectivity index (χ2v) is 6.46. The van der Waals surface area contributed by atoms with Crippen LogP contribution in [0.15, 0.2) is 0 Å². The van der Waals surface area contributed by atoms with Gasteiger partial charge in [0.1, 0.15) is 0 Å². The molecule has 1 aliphatic heterocycles. The van der Waals surface area contributed by atoms with Crippen LogP contribution in [0.5, 0.6) is 0 Å².